The number of pyridine rings is 1. The van der Waals surface area contributed by atoms with Crippen molar-refractivity contribution in [2.24, 2.45) is 13.0 Å². The Kier molecular flexibility index (Phi) is 10.4. The Morgan fingerprint density at radius 1 is 1.08 bits per heavy atom. The number of carbonyl (C=O) groups is 1. The lowest BCUT2D eigenvalue weighted by Gasteiger charge is -2.36. The summed E-state index contributed by atoms with van der Waals surface area (Å²) in [5, 5.41) is 4.19. The molecule has 0 radical (unpaired) electrons. The molecule has 4 rings (SSSR count). The SMILES string of the molecule is COCCCc1cc(CCCOC)c(Cl)c(CN(C(=O)[C@H]2CNCC[C@@H]2c2ccn(C)c(=O)c2)C2CC2)c1. The van der Waals surface area contributed by atoms with Crippen molar-refractivity contribution < 1.29 is 14.3 Å². The van der Waals surface area contributed by atoms with E-state index in [4.69, 9.17) is 21.1 Å². The fourth-order valence-electron chi connectivity index (χ4n) is 5.57. The molecule has 208 valence electrons. The van der Waals surface area contributed by atoms with Crippen LogP contribution in [0.1, 0.15) is 60.3 Å². The first-order valence-corrected chi connectivity index (χ1v) is 14.3. The fourth-order valence-corrected chi connectivity index (χ4v) is 5.84. The summed E-state index contributed by atoms with van der Waals surface area (Å²) in [7, 11) is 5.19. The third kappa shape index (κ3) is 7.26. The zero-order valence-corrected chi connectivity index (χ0v) is 23.8. The molecule has 7 nitrogen and oxygen atoms in total. The summed E-state index contributed by atoms with van der Waals surface area (Å²) >= 11 is 6.98. The summed E-state index contributed by atoms with van der Waals surface area (Å²) in [5.74, 6) is -0.0205. The smallest absolute Gasteiger partial charge is 0.250 e. The number of aromatic nitrogens is 1. The number of nitrogens with one attached hydrogen (secondary N) is 1. The standard InChI is InChI=1S/C30H42ClN3O4/c1-33-13-11-22(18-28(33)35)26-10-12-32-19-27(26)30(36)34(25-8-9-25)20-24-17-21(6-4-14-37-2)16-23(29(24)31)7-5-15-38-3/h11,13,16-18,25-27,32H,4-10,12,14-15,19-20H2,1-3H3/t26-,27+/m1/s1. The van der Waals surface area contributed by atoms with Crippen molar-refractivity contribution in [2.45, 2.75) is 63.5 Å². The van der Waals surface area contributed by atoms with Gasteiger partial charge in [-0.15, -0.1) is 0 Å². The first kappa shape index (κ1) is 28.8. The number of carbonyl (C=O) groups excluding carboxylic acids is 1. The van der Waals surface area contributed by atoms with Crippen LogP contribution >= 0.6 is 11.6 Å². The van der Waals surface area contributed by atoms with E-state index in [2.05, 4.69) is 22.3 Å². The van der Waals surface area contributed by atoms with Crippen molar-refractivity contribution in [3.63, 3.8) is 0 Å². The van der Waals surface area contributed by atoms with Gasteiger partial charge in [-0.1, -0.05) is 23.7 Å². The highest BCUT2D eigenvalue weighted by atomic mass is 35.5. The lowest BCUT2D eigenvalue weighted by Crippen LogP contribution is -2.47. The molecule has 2 aromatic rings. The van der Waals surface area contributed by atoms with Crippen LogP contribution in [0, 0.1) is 5.92 Å². The quantitative estimate of drug-likeness (QED) is 0.385. The predicted octanol–water partition coefficient (Wildman–Crippen LogP) is 4.08. The van der Waals surface area contributed by atoms with E-state index in [1.807, 2.05) is 6.07 Å². The second-order valence-electron chi connectivity index (χ2n) is 10.7. The number of hydrogen-bond donors (Lipinski definition) is 1. The highest BCUT2D eigenvalue weighted by Crippen LogP contribution is 2.37. The zero-order valence-electron chi connectivity index (χ0n) is 23.0. The van der Waals surface area contributed by atoms with Gasteiger partial charge in [0.15, 0.2) is 0 Å². The molecule has 0 bridgehead atoms. The van der Waals surface area contributed by atoms with Gasteiger partial charge in [0, 0.05) is 70.9 Å². The molecule has 2 fully saturated rings. The number of amides is 1. The summed E-state index contributed by atoms with van der Waals surface area (Å²) in [5.41, 5.74) is 4.29. The number of aryl methyl sites for hydroxylation is 3. The van der Waals surface area contributed by atoms with Crippen LogP contribution < -0.4 is 10.9 Å². The number of rotatable bonds is 13. The molecule has 1 aliphatic heterocycles. The van der Waals surface area contributed by atoms with Gasteiger partial charge >= 0.3 is 0 Å². The largest absolute Gasteiger partial charge is 0.385 e. The number of nitrogens with zero attached hydrogens (tertiary/aromatic N) is 2. The van der Waals surface area contributed by atoms with Crippen LogP contribution in [0.2, 0.25) is 5.02 Å². The van der Waals surface area contributed by atoms with Crippen molar-refractivity contribution in [3.05, 3.63) is 68.1 Å². The van der Waals surface area contributed by atoms with Gasteiger partial charge in [0.05, 0.1) is 5.92 Å². The average molecular weight is 544 g/mol. The average Bonchev–Trinajstić information content (AvgIpc) is 3.76. The summed E-state index contributed by atoms with van der Waals surface area (Å²) in [6.07, 6.45) is 8.27. The number of hydrogen-bond acceptors (Lipinski definition) is 5. The molecule has 0 unspecified atom stereocenters. The maximum Gasteiger partial charge on any atom is 0.250 e. The number of ether oxygens (including phenoxy) is 2. The Balaban J connectivity index is 1.59. The Hall–Kier alpha value is -2.19. The van der Waals surface area contributed by atoms with Crippen molar-refractivity contribution in [2.75, 3.05) is 40.5 Å². The van der Waals surface area contributed by atoms with E-state index in [0.717, 1.165) is 73.2 Å². The summed E-state index contributed by atoms with van der Waals surface area (Å²) < 4.78 is 12.1. The number of piperidine rings is 1. The van der Waals surface area contributed by atoms with Crippen LogP contribution in [0.4, 0.5) is 0 Å². The molecule has 1 aromatic carbocycles. The molecule has 1 aliphatic carbocycles. The second-order valence-corrected chi connectivity index (χ2v) is 11.1. The highest BCUT2D eigenvalue weighted by molar-refractivity contribution is 6.32. The molecule has 2 heterocycles. The Morgan fingerprint density at radius 3 is 2.47 bits per heavy atom. The summed E-state index contributed by atoms with van der Waals surface area (Å²) in [6, 6.07) is 8.32. The van der Waals surface area contributed by atoms with Gasteiger partial charge < -0.3 is 24.3 Å². The van der Waals surface area contributed by atoms with Crippen LogP contribution in [-0.4, -0.2) is 61.9 Å². The molecule has 1 amide bonds. The van der Waals surface area contributed by atoms with E-state index in [1.54, 1.807) is 38.1 Å². The molecule has 2 atom stereocenters. The van der Waals surface area contributed by atoms with Gasteiger partial charge in [0.2, 0.25) is 5.91 Å². The summed E-state index contributed by atoms with van der Waals surface area (Å²) in [4.78, 5) is 28.6. The lowest BCUT2D eigenvalue weighted by molar-refractivity contribution is -0.138. The second kappa shape index (κ2) is 13.7. The third-order valence-corrected chi connectivity index (χ3v) is 8.34. The normalized spacial score (nSPS) is 19.5. The highest BCUT2D eigenvalue weighted by Gasteiger charge is 2.40. The van der Waals surface area contributed by atoms with E-state index in [1.165, 1.54) is 5.56 Å². The maximum absolute atomic E-state index is 14.1. The third-order valence-electron chi connectivity index (χ3n) is 7.86. The molecular weight excluding hydrogens is 502 g/mol. The van der Waals surface area contributed by atoms with Gasteiger partial charge in [0.1, 0.15) is 0 Å². The van der Waals surface area contributed by atoms with E-state index in [9.17, 15) is 9.59 Å². The molecule has 1 N–H and O–H groups in total. The molecule has 1 saturated heterocycles. The first-order valence-electron chi connectivity index (χ1n) is 13.9. The molecule has 0 spiro atoms. The molecule has 1 aromatic heterocycles. The van der Waals surface area contributed by atoms with Crippen LogP contribution in [0.5, 0.6) is 0 Å². The molecule has 8 heteroatoms. The number of methoxy groups -OCH3 is 2. The zero-order chi connectivity index (χ0) is 27.1. The molecule has 2 aliphatic rings. The monoisotopic (exact) mass is 543 g/mol. The van der Waals surface area contributed by atoms with Gasteiger partial charge in [0.25, 0.3) is 5.56 Å². The fraction of sp³-hybridized carbons (Fsp3) is 0.600. The predicted molar refractivity (Wildman–Crippen MR) is 151 cm³/mol. The molecular formula is C30H42ClN3O4. The van der Waals surface area contributed by atoms with Crippen molar-refractivity contribution in [1.29, 1.82) is 0 Å². The van der Waals surface area contributed by atoms with Crippen molar-refractivity contribution in [1.82, 2.24) is 14.8 Å². The number of halogens is 1. The van der Waals surface area contributed by atoms with Gasteiger partial charge in [-0.3, -0.25) is 9.59 Å². The van der Waals surface area contributed by atoms with Gasteiger partial charge in [-0.2, -0.15) is 0 Å². The van der Waals surface area contributed by atoms with E-state index < -0.39 is 0 Å². The maximum atomic E-state index is 14.1. The van der Waals surface area contributed by atoms with E-state index in [0.29, 0.717) is 26.3 Å². The minimum atomic E-state index is -0.207. The minimum Gasteiger partial charge on any atom is -0.385 e. The molecule has 1 saturated carbocycles. The van der Waals surface area contributed by atoms with Gasteiger partial charge in [-0.05, 0) is 85.7 Å². The van der Waals surface area contributed by atoms with Gasteiger partial charge in [-0.25, -0.2) is 0 Å². The number of benzene rings is 1. The van der Waals surface area contributed by atoms with E-state index in [-0.39, 0.29) is 29.3 Å². The van der Waals surface area contributed by atoms with Crippen molar-refractivity contribution in [3.8, 4) is 0 Å². The summed E-state index contributed by atoms with van der Waals surface area (Å²) in [6.45, 7) is 3.37. The van der Waals surface area contributed by atoms with Crippen LogP contribution in [0.25, 0.3) is 0 Å². The topological polar surface area (TPSA) is 72.8 Å². The van der Waals surface area contributed by atoms with Crippen LogP contribution in [-0.2, 0) is 40.7 Å². The van der Waals surface area contributed by atoms with Crippen LogP contribution in [0.15, 0.2) is 35.3 Å². The Morgan fingerprint density at radius 2 is 1.79 bits per heavy atom. The lowest BCUT2D eigenvalue weighted by atomic mass is 9.80. The Bertz CT molecular complexity index is 1150. The van der Waals surface area contributed by atoms with E-state index >= 15 is 0 Å². The first-order chi connectivity index (χ1) is 18.4. The molecule has 38 heavy (non-hydrogen) atoms. The van der Waals surface area contributed by atoms with Crippen LogP contribution in [0.3, 0.4) is 0 Å². The minimum absolute atomic E-state index is 0.0272. The van der Waals surface area contributed by atoms with Crippen molar-refractivity contribution >= 4 is 17.5 Å². The Labute approximate surface area is 231 Å².